The van der Waals surface area contributed by atoms with Crippen LogP contribution in [0.1, 0.15) is 27.7 Å². The molecule has 0 saturated carbocycles. The molecule has 110 valence electrons. The van der Waals surface area contributed by atoms with Crippen molar-refractivity contribution in [2.45, 2.75) is 39.3 Å². The van der Waals surface area contributed by atoms with E-state index in [1.807, 2.05) is 7.05 Å². The van der Waals surface area contributed by atoms with Crippen LogP contribution in [0.3, 0.4) is 0 Å². The maximum atomic E-state index is 12.1. The summed E-state index contributed by atoms with van der Waals surface area (Å²) in [5.41, 5.74) is -0.555. The van der Waals surface area contributed by atoms with Crippen LogP contribution in [0.5, 0.6) is 0 Å². The van der Waals surface area contributed by atoms with E-state index in [1.165, 1.54) is 0 Å². The Balaban J connectivity index is 2.42. The molecular weight excluding hydrogens is 246 g/mol. The predicted octanol–water partition coefficient (Wildman–Crippen LogP) is 0.674. The molecule has 0 aromatic carbocycles. The third-order valence-electron chi connectivity index (χ3n) is 2.92. The first-order valence-corrected chi connectivity index (χ1v) is 6.66. The van der Waals surface area contributed by atoms with Gasteiger partial charge in [0, 0.05) is 26.2 Å². The van der Waals surface area contributed by atoms with Gasteiger partial charge in [0.05, 0.1) is 0 Å². The molecule has 0 bridgehead atoms. The molecule has 0 aromatic rings. The van der Waals surface area contributed by atoms with Crippen molar-refractivity contribution in [1.29, 1.82) is 0 Å². The quantitative estimate of drug-likeness (QED) is 0.802. The Morgan fingerprint density at radius 1 is 1.16 bits per heavy atom. The summed E-state index contributed by atoms with van der Waals surface area (Å²) in [6.07, 6.45) is -0.553. The van der Waals surface area contributed by atoms with E-state index < -0.39 is 17.7 Å². The standard InChI is InChI=1S/C13H25N3O3/c1-10(14-12(18)19-13(2,3)4)11(17)16-8-6-15(5)7-9-16/h10H,6-9H2,1-5H3,(H,14,18)/t10-/m0/s1. The lowest BCUT2D eigenvalue weighted by Crippen LogP contribution is -2.53. The number of carbonyl (C=O) groups is 2. The lowest BCUT2D eigenvalue weighted by atomic mass is 10.2. The van der Waals surface area contributed by atoms with Crippen LogP contribution in [0.15, 0.2) is 0 Å². The van der Waals surface area contributed by atoms with Gasteiger partial charge in [0.2, 0.25) is 5.91 Å². The Morgan fingerprint density at radius 3 is 2.16 bits per heavy atom. The summed E-state index contributed by atoms with van der Waals surface area (Å²) < 4.78 is 5.13. The minimum Gasteiger partial charge on any atom is -0.444 e. The first-order chi connectivity index (χ1) is 8.69. The molecule has 1 fully saturated rings. The van der Waals surface area contributed by atoms with Crippen LogP contribution in [-0.4, -0.2) is 66.7 Å². The summed E-state index contributed by atoms with van der Waals surface area (Å²) >= 11 is 0. The van der Waals surface area contributed by atoms with Gasteiger partial charge >= 0.3 is 6.09 Å². The number of rotatable bonds is 2. The van der Waals surface area contributed by atoms with E-state index in [-0.39, 0.29) is 5.91 Å². The number of likely N-dealkylation sites (N-methyl/N-ethyl adjacent to an activating group) is 1. The zero-order valence-electron chi connectivity index (χ0n) is 12.5. The van der Waals surface area contributed by atoms with Crippen molar-refractivity contribution < 1.29 is 14.3 Å². The minimum atomic E-state index is -0.557. The molecule has 1 aliphatic rings. The van der Waals surface area contributed by atoms with E-state index in [2.05, 4.69) is 10.2 Å². The summed E-state index contributed by atoms with van der Waals surface area (Å²) in [5.74, 6) is -0.0565. The second-order valence-electron chi connectivity index (χ2n) is 6.00. The lowest BCUT2D eigenvalue weighted by Gasteiger charge is -2.34. The van der Waals surface area contributed by atoms with Gasteiger partial charge in [-0.05, 0) is 34.7 Å². The lowest BCUT2D eigenvalue weighted by molar-refractivity contribution is -0.134. The van der Waals surface area contributed by atoms with Crippen LogP contribution >= 0.6 is 0 Å². The number of ether oxygens (including phenoxy) is 1. The zero-order chi connectivity index (χ0) is 14.6. The van der Waals surface area contributed by atoms with E-state index in [4.69, 9.17) is 4.74 Å². The molecule has 0 radical (unpaired) electrons. The average Bonchev–Trinajstić information content (AvgIpc) is 2.26. The molecule has 0 aromatic heterocycles. The molecule has 1 saturated heterocycles. The molecule has 0 spiro atoms. The number of alkyl carbamates (subject to hydrolysis) is 1. The van der Waals surface area contributed by atoms with Gasteiger partial charge in [0.15, 0.2) is 0 Å². The van der Waals surface area contributed by atoms with Crippen LogP contribution in [-0.2, 0) is 9.53 Å². The topological polar surface area (TPSA) is 61.9 Å². The predicted molar refractivity (Wildman–Crippen MR) is 72.9 cm³/mol. The van der Waals surface area contributed by atoms with Gasteiger partial charge in [-0.3, -0.25) is 4.79 Å². The molecule has 6 nitrogen and oxygen atoms in total. The highest BCUT2D eigenvalue weighted by Gasteiger charge is 2.26. The van der Waals surface area contributed by atoms with Gasteiger partial charge in [0.25, 0.3) is 0 Å². The molecule has 6 heteroatoms. The first-order valence-electron chi connectivity index (χ1n) is 6.66. The van der Waals surface area contributed by atoms with Gasteiger partial charge in [-0.15, -0.1) is 0 Å². The maximum absolute atomic E-state index is 12.1. The molecule has 1 N–H and O–H groups in total. The van der Waals surface area contributed by atoms with Crippen LogP contribution in [0, 0.1) is 0 Å². The molecule has 1 atom stereocenters. The maximum Gasteiger partial charge on any atom is 0.408 e. The first kappa shape index (κ1) is 15.8. The van der Waals surface area contributed by atoms with Crippen molar-refractivity contribution in [3.8, 4) is 0 Å². The van der Waals surface area contributed by atoms with E-state index >= 15 is 0 Å². The monoisotopic (exact) mass is 271 g/mol. The Hall–Kier alpha value is -1.30. The normalized spacial score (nSPS) is 18.9. The van der Waals surface area contributed by atoms with Gasteiger partial charge in [-0.1, -0.05) is 0 Å². The van der Waals surface area contributed by atoms with E-state index in [0.717, 1.165) is 13.1 Å². The number of nitrogens with zero attached hydrogens (tertiary/aromatic N) is 2. The Labute approximate surface area is 115 Å². The molecule has 0 unspecified atom stereocenters. The number of hydrogen-bond donors (Lipinski definition) is 1. The fourth-order valence-corrected chi connectivity index (χ4v) is 1.85. The van der Waals surface area contributed by atoms with E-state index in [9.17, 15) is 9.59 Å². The Morgan fingerprint density at radius 2 is 1.68 bits per heavy atom. The van der Waals surface area contributed by atoms with Gasteiger partial charge in [-0.2, -0.15) is 0 Å². The second kappa shape index (κ2) is 6.23. The van der Waals surface area contributed by atoms with Gasteiger partial charge in [-0.25, -0.2) is 4.79 Å². The summed E-state index contributed by atoms with van der Waals surface area (Å²) in [4.78, 5) is 27.7. The minimum absolute atomic E-state index is 0.0565. The van der Waals surface area contributed by atoms with Crippen LogP contribution < -0.4 is 5.32 Å². The molecule has 19 heavy (non-hydrogen) atoms. The molecule has 2 amide bonds. The molecule has 1 rings (SSSR count). The van der Waals surface area contributed by atoms with Crippen LogP contribution in [0.2, 0.25) is 0 Å². The van der Waals surface area contributed by atoms with Crippen molar-refractivity contribution >= 4 is 12.0 Å². The highest BCUT2D eigenvalue weighted by Crippen LogP contribution is 2.07. The highest BCUT2D eigenvalue weighted by molar-refractivity contribution is 5.85. The largest absolute Gasteiger partial charge is 0.444 e. The number of piperazine rings is 1. The summed E-state index contributed by atoms with van der Waals surface area (Å²) in [5, 5.41) is 2.58. The van der Waals surface area contributed by atoms with Gasteiger partial charge in [0.1, 0.15) is 11.6 Å². The van der Waals surface area contributed by atoms with Crippen molar-refractivity contribution in [3.63, 3.8) is 0 Å². The van der Waals surface area contributed by atoms with Crippen molar-refractivity contribution in [3.05, 3.63) is 0 Å². The average molecular weight is 271 g/mol. The van der Waals surface area contributed by atoms with Crippen molar-refractivity contribution in [2.75, 3.05) is 33.2 Å². The SMILES string of the molecule is C[C@H](NC(=O)OC(C)(C)C)C(=O)N1CCN(C)CC1. The number of hydrogen-bond acceptors (Lipinski definition) is 4. The second-order valence-corrected chi connectivity index (χ2v) is 6.00. The highest BCUT2D eigenvalue weighted by atomic mass is 16.6. The Kier molecular flexibility index (Phi) is 5.17. The van der Waals surface area contributed by atoms with Crippen LogP contribution in [0.4, 0.5) is 4.79 Å². The van der Waals surface area contributed by atoms with E-state index in [1.54, 1.807) is 32.6 Å². The fourth-order valence-electron chi connectivity index (χ4n) is 1.85. The van der Waals surface area contributed by atoms with Crippen LogP contribution in [0.25, 0.3) is 0 Å². The van der Waals surface area contributed by atoms with Crippen molar-refractivity contribution in [1.82, 2.24) is 15.1 Å². The summed E-state index contributed by atoms with van der Waals surface area (Å²) in [6, 6.07) is -0.557. The smallest absolute Gasteiger partial charge is 0.408 e. The number of carbonyl (C=O) groups excluding carboxylic acids is 2. The van der Waals surface area contributed by atoms with Gasteiger partial charge < -0.3 is 19.9 Å². The number of amides is 2. The molecule has 0 aliphatic carbocycles. The summed E-state index contributed by atoms with van der Waals surface area (Å²) in [6.45, 7) is 10.2. The molecular formula is C13H25N3O3. The third-order valence-corrected chi connectivity index (χ3v) is 2.92. The van der Waals surface area contributed by atoms with Crippen molar-refractivity contribution in [2.24, 2.45) is 0 Å². The fraction of sp³-hybridized carbons (Fsp3) is 0.846. The van der Waals surface area contributed by atoms with E-state index in [0.29, 0.717) is 13.1 Å². The summed E-state index contributed by atoms with van der Waals surface area (Å²) in [7, 11) is 2.03. The molecule has 1 aliphatic heterocycles. The Bertz CT molecular complexity index is 331. The number of nitrogens with one attached hydrogen (secondary N) is 1. The third kappa shape index (κ3) is 5.46. The molecule has 1 heterocycles. The zero-order valence-corrected chi connectivity index (χ0v) is 12.5.